The number of hydrogen-bond donors (Lipinski definition) is 0. The molecule has 0 bridgehead atoms. The van der Waals surface area contributed by atoms with Gasteiger partial charge in [0.25, 0.3) is 0 Å². The van der Waals surface area contributed by atoms with Gasteiger partial charge in [0.05, 0.1) is 0 Å². The van der Waals surface area contributed by atoms with Crippen molar-refractivity contribution in [3.05, 3.63) is 0 Å². The quantitative estimate of drug-likeness (QED) is 0.553. The number of ether oxygens (including phenoxy) is 2. The van der Waals surface area contributed by atoms with Crippen LogP contribution in [-0.4, -0.2) is 19.5 Å². The van der Waals surface area contributed by atoms with Crippen LogP contribution in [-0.2, 0) is 9.47 Å². The molecule has 0 radical (unpaired) electrons. The van der Waals surface area contributed by atoms with Crippen molar-refractivity contribution >= 4 is 0 Å². The molecule has 0 saturated carbocycles. The van der Waals surface area contributed by atoms with Crippen LogP contribution < -0.4 is 0 Å². The molecule has 0 spiro atoms. The molecule has 102 valence electrons. The summed E-state index contributed by atoms with van der Waals surface area (Å²) in [6, 6.07) is 0. The van der Waals surface area contributed by atoms with Gasteiger partial charge in [0.1, 0.15) is 0 Å². The Labute approximate surface area is 107 Å². The minimum atomic E-state index is 0.102. The Bertz CT molecular complexity index is 162. The SMILES string of the molecule is CC(C)CCCCCCCOC1CCCCO1. The fraction of sp³-hybridized carbons (Fsp3) is 1.00. The molecule has 0 aromatic carbocycles. The second-order valence-corrected chi connectivity index (χ2v) is 5.62. The van der Waals surface area contributed by atoms with Crippen LogP contribution in [0.5, 0.6) is 0 Å². The summed E-state index contributed by atoms with van der Waals surface area (Å²) in [5.41, 5.74) is 0. The third-order valence-electron chi connectivity index (χ3n) is 3.37. The van der Waals surface area contributed by atoms with Crippen LogP contribution in [0, 0.1) is 5.92 Å². The van der Waals surface area contributed by atoms with Gasteiger partial charge >= 0.3 is 0 Å². The molecule has 1 aliphatic heterocycles. The smallest absolute Gasteiger partial charge is 0.157 e. The molecule has 1 atom stereocenters. The van der Waals surface area contributed by atoms with E-state index < -0.39 is 0 Å². The van der Waals surface area contributed by atoms with Crippen molar-refractivity contribution in [2.24, 2.45) is 5.92 Å². The molecule has 1 fully saturated rings. The molecule has 0 aromatic heterocycles. The van der Waals surface area contributed by atoms with Gasteiger partial charge in [-0.15, -0.1) is 0 Å². The van der Waals surface area contributed by atoms with Crippen molar-refractivity contribution in [2.75, 3.05) is 13.2 Å². The third kappa shape index (κ3) is 8.62. The van der Waals surface area contributed by atoms with Gasteiger partial charge in [-0.25, -0.2) is 0 Å². The Morgan fingerprint density at radius 2 is 1.82 bits per heavy atom. The minimum absolute atomic E-state index is 0.102. The second kappa shape index (κ2) is 9.90. The van der Waals surface area contributed by atoms with E-state index in [1.807, 2.05) is 0 Å². The van der Waals surface area contributed by atoms with E-state index in [9.17, 15) is 0 Å². The van der Waals surface area contributed by atoms with Crippen LogP contribution in [0.1, 0.15) is 71.6 Å². The lowest BCUT2D eigenvalue weighted by Gasteiger charge is -2.22. The summed E-state index contributed by atoms with van der Waals surface area (Å²) >= 11 is 0. The van der Waals surface area contributed by atoms with E-state index in [2.05, 4.69) is 13.8 Å². The van der Waals surface area contributed by atoms with Crippen LogP contribution in [0.25, 0.3) is 0 Å². The summed E-state index contributed by atoms with van der Waals surface area (Å²) in [7, 11) is 0. The number of rotatable bonds is 9. The van der Waals surface area contributed by atoms with Crippen molar-refractivity contribution in [1.82, 2.24) is 0 Å². The molecule has 1 heterocycles. The molecular formula is C15H30O2. The molecule has 2 nitrogen and oxygen atoms in total. The second-order valence-electron chi connectivity index (χ2n) is 5.62. The lowest BCUT2D eigenvalue weighted by Crippen LogP contribution is -2.22. The molecular weight excluding hydrogens is 212 g/mol. The zero-order chi connectivity index (χ0) is 12.3. The van der Waals surface area contributed by atoms with E-state index in [-0.39, 0.29) is 6.29 Å². The maximum absolute atomic E-state index is 5.71. The molecule has 2 heteroatoms. The molecule has 17 heavy (non-hydrogen) atoms. The Morgan fingerprint density at radius 3 is 2.53 bits per heavy atom. The van der Waals surface area contributed by atoms with Gasteiger partial charge in [-0.3, -0.25) is 0 Å². The first-order valence-corrected chi connectivity index (χ1v) is 7.52. The molecule has 1 aliphatic rings. The summed E-state index contributed by atoms with van der Waals surface area (Å²) in [6.07, 6.45) is 11.7. The topological polar surface area (TPSA) is 18.5 Å². The Kier molecular flexibility index (Phi) is 8.72. The molecule has 1 rings (SSSR count). The molecule has 0 amide bonds. The van der Waals surface area contributed by atoms with Crippen molar-refractivity contribution < 1.29 is 9.47 Å². The first-order valence-electron chi connectivity index (χ1n) is 7.52. The van der Waals surface area contributed by atoms with Crippen LogP contribution in [0.2, 0.25) is 0 Å². The van der Waals surface area contributed by atoms with Crippen LogP contribution in [0.3, 0.4) is 0 Å². The van der Waals surface area contributed by atoms with E-state index in [1.54, 1.807) is 0 Å². The normalized spacial score (nSPS) is 21.0. The standard InChI is InChI=1S/C15H30O2/c1-14(2)10-6-4-3-5-8-12-16-15-11-7-9-13-17-15/h14-15H,3-13H2,1-2H3. The fourth-order valence-corrected chi connectivity index (χ4v) is 2.24. The van der Waals surface area contributed by atoms with E-state index in [0.717, 1.165) is 25.6 Å². The summed E-state index contributed by atoms with van der Waals surface area (Å²) in [5.74, 6) is 0.863. The molecule has 0 aromatic rings. The van der Waals surface area contributed by atoms with Crippen LogP contribution in [0.15, 0.2) is 0 Å². The lowest BCUT2D eigenvalue weighted by molar-refractivity contribution is -0.162. The fourth-order valence-electron chi connectivity index (χ4n) is 2.24. The largest absolute Gasteiger partial charge is 0.353 e. The Morgan fingerprint density at radius 1 is 1.06 bits per heavy atom. The maximum atomic E-state index is 5.71. The van der Waals surface area contributed by atoms with Gasteiger partial charge in [0, 0.05) is 13.2 Å². The van der Waals surface area contributed by atoms with E-state index >= 15 is 0 Å². The van der Waals surface area contributed by atoms with Gasteiger partial charge < -0.3 is 9.47 Å². The monoisotopic (exact) mass is 242 g/mol. The van der Waals surface area contributed by atoms with Gasteiger partial charge in [0.15, 0.2) is 6.29 Å². The van der Waals surface area contributed by atoms with Gasteiger partial charge in [-0.2, -0.15) is 0 Å². The van der Waals surface area contributed by atoms with Crippen molar-refractivity contribution in [3.8, 4) is 0 Å². The molecule has 0 aliphatic carbocycles. The average molecular weight is 242 g/mol. The predicted molar refractivity (Wildman–Crippen MR) is 72.1 cm³/mol. The summed E-state index contributed by atoms with van der Waals surface area (Å²) in [5, 5.41) is 0. The first-order chi connectivity index (χ1) is 8.29. The summed E-state index contributed by atoms with van der Waals surface area (Å²) in [6.45, 7) is 6.38. The highest BCUT2D eigenvalue weighted by molar-refractivity contribution is 4.54. The van der Waals surface area contributed by atoms with Gasteiger partial charge in [-0.1, -0.05) is 46.0 Å². The number of unbranched alkanes of at least 4 members (excludes halogenated alkanes) is 4. The van der Waals surface area contributed by atoms with Crippen molar-refractivity contribution in [3.63, 3.8) is 0 Å². The third-order valence-corrected chi connectivity index (χ3v) is 3.37. The Hall–Kier alpha value is -0.0800. The highest BCUT2D eigenvalue weighted by Crippen LogP contribution is 2.15. The van der Waals surface area contributed by atoms with Crippen molar-refractivity contribution in [2.45, 2.75) is 77.9 Å². The van der Waals surface area contributed by atoms with Crippen LogP contribution >= 0.6 is 0 Å². The Balaban J connectivity index is 1.78. The maximum Gasteiger partial charge on any atom is 0.157 e. The average Bonchev–Trinajstić information content (AvgIpc) is 2.33. The van der Waals surface area contributed by atoms with Crippen molar-refractivity contribution in [1.29, 1.82) is 0 Å². The van der Waals surface area contributed by atoms with E-state index in [0.29, 0.717) is 0 Å². The van der Waals surface area contributed by atoms with Gasteiger partial charge in [0.2, 0.25) is 0 Å². The highest BCUT2D eigenvalue weighted by atomic mass is 16.7. The zero-order valence-electron chi connectivity index (χ0n) is 11.7. The zero-order valence-corrected chi connectivity index (χ0v) is 11.7. The molecule has 0 N–H and O–H groups in total. The predicted octanol–water partition coefficient (Wildman–Crippen LogP) is 4.53. The summed E-state index contributed by atoms with van der Waals surface area (Å²) in [4.78, 5) is 0. The lowest BCUT2D eigenvalue weighted by atomic mass is 10.0. The molecule has 1 saturated heterocycles. The van der Waals surface area contributed by atoms with E-state index in [4.69, 9.17) is 9.47 Å². The van der Waals surface area contributed by atoms with E-state index in [1.165, 1.54) is 51.4 Å². The molecule has 1 unspecified atom stereocenters. The minimum Gasteiger partial charge on any atom is -0.353 e. The number of hydrogen-bond acceptors (Lipinski definition) is 2. The van der Waals surface area contributed by atoms with Crippen LogP contribution in [0.4, 0.5) is 0 Å². The first kappa shape index (κ1) is 15.0. The summed E-state index contributed by atoms with van der Waals surface area (Å²) < 4.78 is 11.2. The van der Waals surface area contributed by atoms with Gasteiger partial charge in [-0.05, 0) is 31.6 Å². The highest BCUT2D eigenvalue weighted by Gasteiger charge is 2.13.